The molecule has 0 saturated carbocycles. The van der Waals surface area contributed by atoms with E-state index in [9.17, 15) is 9.90 Å². The van der Waals surface area contributed by atoms with Gasteiger partial charge in [0.25, 0.3) is 0 Å². The van der Waals surface area contributed by atoms with Gasteiger partial charge < -0.3 is 14.8 Å². The number of nitrogens with zero attached hydrogens (tertiary/aromatic N) is 1. The maximum absolute atomic E-state index is 13.3. The molecule has 5 heteroatoms. The number of rotatable bonds is 6. The van der Waals surface area contributed by atoms with Crippen LogP contribution in [0.3, 0.4) is 0 Å². The number of ether oxygens (including phenoxy) is 1. The maximum atomic E-state index is 13.3. The normalized spacial score (nSPS) is 17.4. The number of carbonyl (C=O) groups excluding carboxylic acids is 1. The topological polar surface area (TPSA) is 65.6 Å². The smallest absolute Gasteiger partial charge is 0.195 e. The molecule has 0 amide bonds. The summed E-state index contributed by atoms with van der Waals surface area (Å²) in [5.74, 6) is 0.433. The molecular formula is C23H26N2O3. The number of hydrogen-bond donors (Lipinski definition) is 2. The second-order valence-electron chi connectivity index (χ2n) is 7.34. The molecule has 1 saturated heterocycles. The Morgan fingerprint density at radius 2 is 1.79 bits per heavy atom. The lowest BCUT2D eigenvalue weighted by Crippen LogP contribution is -2.43. The van der Waals surface area contributed by atoms with E-state index in [4.69, 9.17) is 4.74 Å². The minimum absolute atomic E-state index is 0.265. The maximum Gasteiger partial charge on any atom is 0.195 e. The number of para-hydroxylation sites is 2. The fraction of sp³-hybridized carbons (Fsp3) is 0.348. The summed E-state index contributed by atoms with van der Waals surface area (Å²) in [5, 5.41) is 12.1. The molecule has 2 aromatic carbocycles. The third-order valence-electron chi connectivity index (χ3n) is 5.66. The zero-order valence-corrected chi connectivity index (χ0v) is 16.1. The Morgan fingerprint density at radius 1 is 1.07 bits per heavy atom. The first-order valence-electron chi connectivity index (χ1n) is 9.86. The number of nitrogens with one attached hydrogen (secondary N) is 1. The van der Waals surface area contributed by atoms with Gasteiger partial charge in [-0.25, -0.2) is 0 Å². The van der Waals surface area contributed by atoms with Crippen molar-refractivity contribution in [3.05, 3.63) is 65.9 Å². The first-order chi connectivity index (χ1) is 13.7. The number of benzene rings is 2. The Morgan fingerprint density at radius 3 is 2.57 bits per heavy atom. The summed E-state index contributed by atoms with van der Waals surface area (Å²) in [6.45, 7) is 1.72. The number of fused-ring (bicyclic) bond motifs is 1. The van der Waals surface area contributed by atoms with Crippen LogP contribution < -0.4 is 4.74 Å². The van der Waals surface area contributed by atoms with Crippen LogP contribution in [0.4, 0.5) is 0 Å². The standard InChI is InChI=1S/C23H26N2O3/c1-28-20-12-6-4-10-17(20)21(25-13-7-2-8-14-25)23(27)22(26)18-15-24-19-11-5-3-9-16(18)19/h3-6,9-12,15,21,23-24,27H,2,7-8,13-14H2,1H3/t21-,23-/m1/s1. The van der Waals surface area contributed by atoms with Gasteiger partial charge in [0.05, 0.1) is 13.2 Å². The predicted molar refractivity (Wildman–Crippen MR) is 110 cm³/mol. The summed E-state index contributed by atoms with van der Waals surface area (Å²) < 4.78 is 5.55. The van der Waals surface area contributed by atoms with Crippen molar-refractivity contribution < 1.29 is 14.6 Å². The molecule has 0 aliphatic carbocycles. The van der Waals surface area contributed by atoms with Crippen LogP contribution in [0.5, 0.6) is 5.75 Å². The van der Waals surface area contributed by atoms with Crippen LogP contribution in [0.15, 0.2) is 54.7 Å². The van der Waals surface area contributed by atoms with Gasteiger partial charge in [0.1, 0.15) is 11.9 Å². The molecule has 1 fully saturated rings. The molecule has 4 rings (SSSR count). The number of ketones is 1. The predicted octanol–water partition coefficient (Wildman–Crippen LogP) is 3.95. The summed E-state index contributed by atoms with van der Waals surface area (Å²) in [6.07, 6.45) is 3.85. The molecule has 2 atom stereocenters. The van der Waals surface area contributed by atoms with Gasteiger partial charge in [0.2, 0.25) is 0 Å². The number of aliphatic hydroxyl groups excluding tert-OH is 1. The van der Waals surface area contributed by atoms with Crippen molar-refractivity contribution in [2.75, 3.05) is 20.2 Å². The third-order valence-corrected chi connectivity index (χ3v) is 5.66. The van der Waals surface area contributed by atoms with Crippen molar-refractivity contribution in [1.29, 1.82) is 0 Å². The minimum Gasteiger partial charge on any atom is -0.496 e. The van der Waals surface area contributed by atoms with E-state index in [-0.39, 0.29) is 5.78 Å². The van der Waals surface area contributed by atoms with Gasteiger partial charge in [-0.05, 0) is 38.1 Å². The number of methoxy groups -OCH3 is 1. The van der Waals surface area contributed by atoms with Gasteiger partial charge in [0.15, 0.2) is 5.78 Å². The highest BCUT2D eigenvalue weighted by Gasteiger charge is 2.36. The second kappa shape index (κ2) is 8.17. The number of aromatic nitrogens is 1. The van der Waals surface area contributed by atoms with E-state index in [1.807, 2.05) is 48.5 Å². The largest absolute Gasteiger partial charge is 0.496 e. The number of H-pyrrole nitrogens is 1. The number of Topliss-reactive ketones (excluding diaryl/α,β-unsaturated/α-hetero) is 1. The molecule has 1 aromatic heterocycles. The van der Waals surface area contributed by atoms with E-state index in [0.29, 0.717) is 11.3 Å². The Kier molecular flexibility index (Phi) is 5.46. The molecule has 2 N–H and O–H groups in total. The molecule has 28 heavy (non-hydrogen) atoms. The number of aromatic amines is 1. The second-order valence-corrected chi connectivity index (χ2v) is 7.34. The Labute approximate surface area is 164 Å². The van der Waals surface area contributed by atoms with E-state index < -0.39 is 12.1 Å². The lowest BCUT2D eigenvalue weighted by Gasteiger charge is -2.37. The lowest BCUT2D eigenvalue weighted by molar-refractivity contribution is 0.0316. The molecular weight excluding hydrogens is 352 g/mol. The molecule has 3 aromatic rings. The average Bonchev–Trinajstić information content (AvgIpc) is 3.18. The van der Waals surface area contributed by atoms with Crippen LogP contribution in [0.2, 0.25) is 0 Å². The SMILES string of the molecule is COc1ccccc1[C@H]([C@@H](O)C(=O)c1c[nH]c2ccccc12)N1CCCCC1. The van der Waals surface area contributed by atoms with Crippen LogP contribution in [0, 0.1) is 0 Å². The van der Waals surface area contributed by atoms with Crippen molar-refractivity contribution in [1.82, 2.24) is 9.88 Å². The molecule has 0 spiro atoms. The van der Waals surface area contributed by atoms with E-state index >= 15 is 0 Å². The summed E-state index contributed by atoms with van der Waals surface area (Å²) >= 11 is 0. The highest BCUT2D eigenvalue weighted by atomic mass is 16.5. The van der Waals surface area contributed by atoms with Crippen LogP contribution in [0.1, 0.15) is 41.2 Å². The fourth-order valence-corrected chi connectivity index (χ4v) is 4.25. The lowest BCUT2D eigenvalue weighted by atomic mass is 9.91. The van der Waals surface area contributed by atoms with Gasteiger partial charge in [-0.1, -0.05) is 42.8 Å². The molecule has 0 radical (unpaired) electrons. The summed E-state index contributed by atoms with van der Waals surface area (Å²) in [4.78, 5) is 18.7. The van der Waals surface area contributed by atoms with E-state index in [0.717, 1.165) is 42.4 Å². The van der Waals surface area contributed by atoms with Crippen LogP contribution >= 0.6 is 0 Å². The molecule has 0 unspecified atom stereocenters. The highest BCUT2D eigenvalue weighted by molar-refractivity contribution is 6.10. The average molecular weight is 378 g/mol. The summed E-state index contributed by atoms with van der Waals surface area (Å²) in [5.41, 5.74) is 2.28. The number of piperidine rings is 1. The quantitative estimate of drug-likeness (QED) is 0.638. The van der Waals surface area contributed by atoms with E-state index in [2.05, 4.69) is 9.88 Å². The third kappa shape index (κ3) is 3.43. The Hall–Kier alpha value is -2.63. The van der Waals surface area contributed by atoms with E-state index in [1.54, 1.807) is 13.3 Å². The van der Waals surface area contributed by atoms with Gasteiger partial charge in [-0.2, -0.15) is 0 Å². The van der Waals surface area contributed by atoms with Gasteiger partial charge in [0, 0.05) is 28.2 Å². The van der Waals surface area contributed by atoms with Gasteiger partial charge in [-0.3, -0.25) is 9.69 Å². The van der Waals surface area contributed by atoms with Crippen molar-refractivity contribution in [2.45, 2.75) is 31.4 Å². The molecule has 146 valence electrons. The van der Waals surface area contributed by atoms with Crippen LogP contribution in [-0.2, 0) is 0 Å². The van der Waals surface area contributed by atoms with Crippen molar-refractivity contribution in [3.63, 3.8) is 0 Å². The Balaban J connectivity index is 1.74. The first kappa shape index (κ1) is 18.7. The van der Waals surface area contributed by atoms with Crippen molar-refractivity contribution in [2.24, 2.45) is 0 Å². The monoisotopic (exact) mass is 378 g/mol. The number of hydrogen-bond acceptors (Lipinski definition) is 4. The summed E-state index contributed by atoms with van der Waals surface area (Å²) in [6, 6.07) is 14.9. The van der Waals surface area contributed by atoms with Crippen molar-refractivity contribution in [3.8, 4) is 5.75 Å². The number of aliphatic hydroxyl groups is 1. The summed E-state index contributed by atoms with van der Waals surface area (Å²) in [7, 11) is 1.62. The van der Waals surface area contributed by atoms with Crippen LogP contribution in [-0.4, -0.2) is 47.1 Å². The zero-order valence-electron chi connectivity index (χ0n) is 16.1. The van der Waals surface area contributed by atoms with Crippen molar-refractivity contribution >= 4 is 16.7 Å². The minimum atomic E-state index is -1.17. The van der Waals surface area contributed by atoms with Gasteiger partial charge >= 0.3 is 0 Å². The van der Waals surface area contributed by atoms with Crippen LogP contribution in [0.25, 0.3) is 10.9 Å². The van der Waals surface area contributed by atoms with E-state index in [1.165, 1.54) is 6.42 Å². The first-order valence-corrected chi connectivity index (χ1v) is 9.86. The molecule has 0 bridgehead atoms. The Bertz CT molecular complexity index is 959. The molecule has 1 aliphatic rings. The zero-order chi connectivity index (χ0) is 19.5. The molecule has 1 aliphatic heterocycles. The number of likely N-dealkylation sites (tertiary alicyclic amines) is 1. The highest BCUT2D eigenvalue weighted by Crippen LogP contribution is 2.35. The fourth-order valence-electron chi connectivity index (χ4n) is 4.25. The number of carbonyl (C=O) groups is 1. The molecule has 2 heterocycles. The molecule has 5 nitrogen and oxygen atoms in total. The van der Waals surface area contributed by atoms with Gasteiger partial charge in [-0.15, -0.1) is 0 Å².